The lowest BCUT2D eigenvalue weighted by Gasteiger charge is -2.38. The van der Waals surface area contributed by atoms with E-state index in [0.717, 1.165) is 25.3 Å². The summed E-state index contributed by atoms with van der Waals surface area (Å²) in [4.78, 5) is 10.2. The molecule has 0 aromatic heterocycles. The fraction of sp³-hybridized carbons (Fsp3) is 0.538. The zero-order chi connectivity index (χ0) is 15.8. The molecule has 1 aromatic carbocycles. The van der Waals surface area contributed by atoms with Crippen LogP contribution in [0.3, 0.4) is 0 Å². The predicted octanol–water partition coefficient (Wildman–Crippen LogP) is 1.37. The van der Waals surface area contributed by atoms with Crippen molar-refractivity contribution in [3.8, 4) is 0 Å². The number of hydrogen-bond donors (Lipinski definition) is 2. The number of hydrogen-bond acceptors (Lipinski definition) is 5. The van der Waals surface area contributed by atoms with Crippen LogP contribution in [-0.4, -0.2) is 25.4 Å². The number of benzene rings is 1. The van der Waals surface area contributed by atoms with Crippen molar-refractivity contribution < 1.29 is 13.3 Å². The number of rotatable bonds is 5. The van der Waals surface area contributed by atoms with Gasteiger partial charge in [-0.1, -0.05) is 0 Å². The minimum absolute atomic E-state index is 0.0582. The predicted molar refractivity (Wildman–Crippen MR) is 78.5 cm³/mol. The van der Waals surface area contributed by atoms with Gasteiger partial charge in [-0.2, -0.15) is 0 Å². The quantitative estimate of drug-likeness (QED) is 0.629. The highest BCUT2D eigenvalue weighted by atomic mass is 32.2. The van der Waals surface area contributed by atoms with Gasteiger partial charge in [-0.25, -0.2) is 13.1 Å². The number of sulfonamides is 1. The molecule has 1 fully saturated rings. The Balaban J connectivity index is 2.32. The third kappa shape index (κ3) is 3.22. The normalized spacial score (nSPS) is 17.3. The van der Waals surface area contributed by atoms with Crippen molar-refractivity contribution in [2.24, 2.45) is 5.73 Å². The highest BCUT2D eigenvalue weighted by Crippen LogP contribution is 2.29. The van der Waals surface area contributed by atoms with Gasteiger partial charge in [-0.3, -0.25) is 10.1 Å². The summed E-state index contributed by atoms with van der Waals surface area (Å²) in [6, 6.07) is 2.46. The molecular formula is C13H19N3O4S. The van der Waals surface area contributed by atoms with Crippen LogP contribution < -0.4 is 10.5 Å². The van der Waals surface area contributed by atoms with Crippen molar-refractivity contribution in [2.45, 2.75) is 43.5 Å². The molecule has 0 atom stereocenters. The maximum atomic E-state index is 12.4. The summed E-state index contributed by atoms with van der Waals surface area (Å²) < 4.78 is 27.2. The largest absolute Gasteiger partial charge is 0.324 e. The Morgan fingerprint density at radius 2 is 2.00 bits per heavy atom. The first-order valence-electron chi connectivity index (χ1n) is 6.69. The van der Waals surface area contributed by atoms with E-state index in [1.54, 1.807) is 13.8 Å². The average Bonchev–Trinajstić information content (AvgIpc) is 2.36. The zero-order valence-electron chi connectivity index (χ0n) is 12.0. The number of nitro benzene ring substituents is 1. The SMILES string of the molecule is Cc1cc([N+](=O)[O-])cc(S(=O)(=O)NCC2(N)CCC2)c1C. The van der Waals surface area contributed by atoms with Crippen molar-refractivity contribution in [1.82, 2.24) is 4.72 Å². The van der Waals surface area contributed by atoms with Gasteiger partial charge in [0.1, 0.15) is 0 Å². The summed E-state index contributed by atoms with van der Waals surface area (Å²) in [5, 5.41) is 10.9. The Bertz CT molecular complexity index is 681. The Kier molecular flexibility index (Phi) is 4.05. The number of nitrogens with zero attached hydrogens (tertiary/aromatic N) is 1. The molecule has 0 radical (unpaired) electrons. The van der Waals surface area contributed by atoms with E-state index >= 15 is 0 Å². The van der Waals surface area contributed by atoms with Crippen LogP contribution in [0.15, 0.2) is 17.0 Å². The first-order valence-corrected chi connectivity index (χ1v) is 8.17. The molecule has 1 aliphatic rings. The Morgan fingerprint density at radius 3 is 2.48 bits per heavy atom. The number of nitrogens with two attached hydrogens (primary N) is 1. The average molecular weight is 313 g/mol. The molecule has 2 rings (SSSR count). The van der Waals surface area contributed by atoms with Crippen molar-refractivity contribution >= 4 is 15.7 Å². The molecular weight excluding hydrogens is 294 g/mol. The first-order chi connectivity index (χ1) is 9.65. The number of non-ortho nitro benzene ring substituents is 1. The van der Waals surface area contributed by atoms with E-state index in [2.05, 4.69) is 4.72 Å². The molecule has 0 spiro atoms. The van der Waals surface area contributed by atoms with Crippen molar-refractivity contribution in [3.63, 3.8) is 0 Å². The van der Waals surface area contributed by atoms with Gasteiger partial charge >= 0.3 is 0 Å². The Labute approximate surface area is 123 Å². The summed E-state index contributed by atoms with van der Waals surface area (Å²) >= 11 is 0. The molecule has 0 saturated heterocycles. The van der Waals surface area contributed by atoms with Gasteiger partial charge in [-0.15, -0.1) is 0 Å². The molecule has 1 aliphatic carbocycles. The number of nitrogens with one attached hydrogen (secondary N) is 1. The molecule has 116 valence electrons. The van der Waals surface area contributed by atoms with Gasteiger partial charge in [0.2, 0.25) is 10.0 Å². The van der Waals surface area contributed by atoms with Crippen LogP contribution in [0.2, 0.25) is 0 Å². The van der Waals surface area contributed by atoms with Gasteiger partial charge in [0.25, 0.3) is 5.69 Å². The second kappa shape index (κ2) is 5.36. The summed E-state index contributed by atoms with van der Waals surface area (Å²) in [7, 11) is -3.81. The third-order valence-corrected chi connectivity index (χ3v) is 5.60. The summed E-state index contributed by atoms with van der Waals surface area (Å²) in [5.41, 5.74) is 6.35. The van der Waals surface area contributed by atoms with E-state index in [1.165, 1.54) is 6.07 Å². The van der Waals surface area contributed by atoms with Crippen molar-refractivity contribution in [1.29, 1.82) is 0 Å². The van der Waals surface area contributed by atoms with E-state index in [9.17, 15) is 18.5 Å². The molecule has 0 unspecified atom stereocenters. The van der Waals surface area contributed by atoms with Crippen LogP contribution in [0, 0.1) is 24.0 Å². The van der Waals surface area contributed by atoms with Crippen LogP contribution in [0.1, 0.15) is 30.4 Å². The molecule has 0 heterocycles. The van der Waals surface area contributed by atoms with Crippen molar-refractivity contribution in [2.75, 3.05) is 6.54 Å². The molecule has 3 N–H and O–H groups in total. The van der Waals surface area contributed by atoms with E-state index in [1.807, 2.05) is 0 Å². The molecule has 21 heavy (non-hydrogen) atoms. The molecule has 1 saturated carbocycles. The maximum Gasteiger partial charge on any atom is 0.271 e. The van der Waals surface area contributed by atoms with Crippen molar-refractivity contribution in [3.05, 3.63) is 33.4 Å². The molecule has 7 nitrogen and oxygen atoms in total. The highest BCUT2D eigenvalue weighted by Gasteiger charge is 2.34. The third-order valence-electron chi connectivity index (χ3n) is 4.07. The molecule has 8 heteroatoms. The topological polar surface area (TPSA) is 115 Å². The van der Waals surface area contributed by atoms with Crippen LogP contribution in [0.4, 0.5) is 5.69 Å². The first kappa shape index (κ1) is 15.9. The number of aryl methyl sites for hydroxylation is 1. The van der Waals surface area contributed by atoms with Crippen LogP contribution in [0.5, 0.6) is 0 Å². The van der Waals surface area contributed by atoms with Gasteiger partial charge in [-0.05, 0) is 44.2 Å². The van der Waals surface area contributed by atoms with Gasteiger partial charge in [0, 0.05) is 24.2 Å². The second-order valence-electron chi connectivity index (χ2n) is 5.68. The summed E-state index contributed by atoms with van der Waals surface area (Å²) in [6.07, 6.45) is 2.55. The molecule has 1 aromatic rings. The fourth-order valence-electron chi connectivity index (χ4n) is 2.32. The maximum absolute atomic E-state index is 12.4. The van der Waals surface area contributed by atoms with Gasteiger partial charge in [0.05, 0.1) is 9.82 Å². The van der Waals surface area contributed by atoms with E-state index in [4.69, 9.17) is 5.73 Å². The molecule has 0 amide bonds. The summed E-state index contributed by atoms with van der Waals surface area (Å²) in [6.45, 7) is 3.43. The lowest BCUT2D eigenvalue weighted by atomic mass is 9.78. The summed E-state index contributed by atoms with van der Waals surface area (Å²) in [5.74, 6) is 0. The minimum atomic E-state index is -3.81. The van der Waals surface area contributed by atoms with Crippen LogP contribution >= 0.6 is 0 Å². The van der Waals surface area contributed by atoms with E-state index in [-0.39, 0.29) is 17.1 Å². The van der Waals surface area contributed by atoms with E-state index in [0.29, 0.717) is 11.1 Å². The van der Waals surface area contributed by atoms with Crippen LogP contribution in [-0.2, 0) is 10.0 Å². The minimum Gasteiger partial charge on any atom is -0.324 e. The zero-order valence-corrected chi connectivity index (χ0v) is 12.9. The standard InChI is InChI=1S/C13H19N3O4S/c1-9-6-11(16(17)18)7-12(10(9)2)21(19,20)15-8-13(14)4-3-5-13/h6-7,15H,3-5,8,14H2,1-2H3. The lowest BCUT2D eigenvalue weighted by molar-refractivity contribution is -0.385. The highest BCUT2D eigenvalue weighted by molar-refractivity contribution is 7.89. The van der Waals surface area contributed by atoms with Crippen LogP contribution in [0.25, 0.3) is 0 Å². The van der Waals surface area contributed by atoms with E-state index < -0.39 is 20.5 Å². The lowest BCUT2D eigenvalue weighted by Crippen LogP contribution is -2.54. The Hall–Kier alpha value is -1.51. The van der Waals surface area contributed by atoms with Gasteiger partial charge < -0.3 is 5.73 Å². The monoisotopic (exact) mass is 313 g/mol. The number of nitro groups is 1. The smallest absolute Gasteiger partial charge is 0.271 e. The second-order valence-corrected chi connectivity index (χ2v) is 7.42. The fourth-order valence-corrected chi connectivity index (χ4v) is 3.79. The van der Waals surface area contributed by atoms with Gasteiger partial charge in [0.15, 0.2) is 0 Å². The molecule has 0 bridgehead atoms. The molecule has 0 aliphatic heterocycles. The Morgan fingerprint density at radius 1 is 1.38 bits per heavy atom.